The Morgan fingerprint density at radius 2 is 2.00 bits per heavy atom. The lowest BCUT2D eigenvalue weighted by molar-refractivity contribution is -0.138. The number of halogens is 2. The summed E-state index contributed by atoms with van der Waals surface area (Å²) in [6.45, 7) is 0.173. The average Bonchev–Trinajstić information content (AvgIpc) is 2.30. The number of hydrogen-bond donors (Lipinski definition) is 1. The molecule has 18 heavy (non-hydrogen) atoms. The van der Waals surface area contributed by atoms with Crippen molar-refractivity contribution in [3.05, 3.63) is 33.8 Å². The Morgan fingerprint density at radius 1 is 1.33 bits per heavy atom. The first-order valence-corrected chi connectivity index (χ1v) is 6.05. The van der Waals surface area contributed by atoms with E-state index in [1.165, 1.54) is 4.90 Å². The highest BCUT2D eigenvalue weighted by Crippen LogP contribution is 2.21. The first-order valence-electron chi connectivity index (χ1n) is 5.30. The fourth-order valence-corrected chi connectivity index (χ4v) is 1.74. The van der Waals surface area contributed by atoms with Gasteiger partial charge in [0.05, 0.1) is 12.8 Å². The second kappa shape index (κ2) is 6.61. The van der Waals surface area contributed by atoms with Gasteiger partial charge < -0.3 is 10.0 Å². The molecule has 0 aliphatic carbocycles. The van der Waals surface area contributed by atoms with Crippen LogP contribution in [0.1, 0.15) is 12.0 Å². The number of amides is 1. The van der Waals surface area contributed by atoms with E-state index in [4.69, 9.17) is 28.3 Å². The molecule has 1 aromatic rings. The molecular weight excluding hydrogens is 277 g/mol. The Bertz CT molecular complexity index is 463. The SMILES string of the molecule is CN(CCC(=O)O)C(=O)Cc1cc(Cl)ccc1Cl. The van der Waals surface area contributed by atoms with Gasteiger partial charge in [-0.1, -0.05) is 23.2 Å². The van der Waals surface area contributed by atoms with E-state index >= 15 is 0 Å². The van der Waals surface area contributed by atoms with E-state index in [1.807, 2.05) is 0 Å². The first kappa shape index (κ1) is 14.8. The van der Waals surface area contributed by atoms with Crippen LogP contribution < -0.4 is 0 Å². The minimum absolute atomic E-state index is 0.0779. The molecule has 1 rings (SSSR count). The molecule has 0 saturated carbocycles. The van der Waals surface area contributed by atoms with Crippen molar-refractivity contribution < 1.29 is 14.7 Å². The van der Waals surface area contributed by atoms with Gasteiger partial charge >= 0.3 is 5.97 Å². The third-order valence-electron chi connectivity index (χ3n) is 2.44. The predicted octanol–water partition coefficient (Wildman–Crippen LogP) is 2.47. The molecule has 0 saturated heterocycles. The van der Waals surface area contributed by atoms with E-state index < -0.39 is 5.97 Å². The van der Waals surface area contributed by atoms with Gasteiger partial charge in [0.15, 0.2) is 0 Å². The summed E-state index contributed by atoms with van der Waals surface area (Å²) < 4.78 is 0. The molecule has 1 aromatic carbocycles. The quantitative estimate of drug-likeness (QED) is 0.906. The zero-order chi connectivity index (χ0) is 13.7. The number of likely N-dealkylation sites (N-methyl/N-ethyl adjacent to an activating group) is 1. The summed E-state index contributed by atoms with van der Waals surface area (Å²) in [6, 6.07) is 4.91. The van der Waals surface area contributed by atoms with Crippen LogP contribution in [0.4, 0.5) is 0 Å². The fourth-order valence-electron chi connectivity index (χ4n) is 1.36. The summed E-state index contributed by atoms with van der Waals surface area (Å²) in [7, 11) is 1.56. The van der Waals surface area contributed by atoms with Gasteiger partial charge in [-0.2, -0.15) is 0 Å². The minimum atomic E-state index is -0.935. The standard InChI is InChI=1S/C12H13Cl2NO3/c1-15(5-4-12(17)18)11(16)7-8-6-9(13)2-3-10(8)14/h2-3,6H,4-5,7H2,1H3,(H,17,18). The van der Waals surface area contributed by atoms with E-state index in [9.17, 15) is 9.59 Å². The highest BCUT2D eigenvalue weighted by atomic mass is 35.5. The van der Waals surface area contributed by atoms with E-state index in [2.05, 4.69) is 0 Å². The van der Waals surface area contributed by atoms with Crippen molar-refractivity contribution >= 4 is 35.1 Å². The highest BCUT2D eigenvalue weighted by molar-refractivity contribution is 6.33. The van der Waals surface area contributed by atoms with Crippen LogP contribution in [0.25, 0.3) is 0 Å². The first-order chi connectivity index (χ1) is 8.40. The van der Waals surface area contributed by atoms with Gasteiger partial charge in [0.25, 0.3) is 0 Å². The third kappa shape index (κ3) is 4.55. The molecule has 1 N–H and O–H groups in total. The Hall–Kier alpha value is -1.26. The maximum Gasteiger partial charge on any atom is 0.305 e. The summed E-state index contributed by atoms with van der Waals surface area (Å²) in [5.74, 6) is -1.13. The number of carbonyl (C=O) groups is 2. The third-order valence-corrected chi connectivity index (χ3v) is 3.04. The number of aliphatic carboxylic acids is 1. The van der Waals surface area contributed by atoms with E-state index in [-0.39, 0.29) is 25.3 Å². The molecule has 4 nitrogen and oxygen atoms in total. The van der Waals surface area contributed by atoms with Crippen molar-refractivity contribution in [2.75, 3.05) is 13.6 Å². The van der Waals surface area contributed by atoms with E-state index in [1.54, 1.807) is 25.2 Å². The molecule has 0 bridgehead atoms. The summed E-state index contributed by atoms with van der Waals surface area (Å²) >= 11 is 11.8. The van der Waals surface area contributed by atoms with Crippen LogP contribution in [-0.4, -0.2) is 35.5 Å². The van der Waals surface area contributed by atoms with Gasteiger partial charge in [-0.15, -0.1) is 0 Å². The number of nitrogens with zero attached hydrogens (tertiary/aromatic N) is 1. The Kier molecular flexibility index (Phi) is 5.44. The van der Waals surface area contributed by atoms with Crippen LogP contribution in [-0.2, 0) is 16.0 Å². The number of benzene rings is 1. The molecule has 0 atom stereocenters. The predicted molar refractivity (Wildman–Crippen MR) is 70.1 cm³/mol. The molecule has 0 spiro atoms. The zero-order valence-electron chi connectivity index (χ0n) is 9.82. The summed E-state index contributed by atoms with van der Waals surface area (Å²) in [6.07, 6.45) is 0.0288. The molecule has 6 heteroatoms. The average molecular weight is 290 g/mol. The molecule has 98 valence electrons. The number of carbonyl (C=O) groups excluding carboxylic acids is 1. The molecule has 0 fully saturated rings. The highest BCUT2D eigenvalue weighted by Gasteiger charge is 2.13. The number of hydrogen-bond acceptors (Lipinski definition) is 2. The van der Waals surface area contributed by atoms with E-state index in [0.29, 0.717) is 15.6 Å². The second-order valence-corrected chi connectivity index (χ2v) is 4.72. The van der Waals surface area contributed by atoms with Gasteiger partial charge in [0, 0.05) is 23.6 Å². The van der Waals surface area contributed by atoms with Crippen molar-refractivity contribution in [2.24, 2.45) is 0 Å². The minimum Gasteiger partial charge on any atom is -0.481 e. The largest absolute Gasteiger partial charge is 0.481 e. The van der Waals surface area contributed by atoms with Crippen LogP contribution in [0, 0.1) is 0 Å². The summed E-state index contributed by atoms with van der Waals surface area (Å²) in [4.78, 5) is 23.6. The van der Waals surface area contributed by atoms with Crippen molar-refractivity contribution in [3.8, 4) is 0 Å². The van der Waals surface area contributed by atoms with Gasteiger partial charge in [-0.05, 0) is 23.8 Å². The number of carboxylic acids is 1. The topological polar surface area (TPSA) is 57.6 Å². The number of rotatable bonds is 5. The maximum absolute atomic E-state index is 11.8. The number of carboxylic acid groups (broad SMARTS) is 1. The van der Waals surface area contributed by atoms with Crippen molar-refractivity contribution in [3.63, 3.8) is 0 Å². The lowest BCUT2D eigenvalue weighted by atomic mass is 10.1. The molecular formula is C12H13Cl2NO3. The van der Waals surface area contributed by atoms with Crippen LogP contribution in [0.3, 0.4) is 0 Å². The molecule has 0 heterocycles. The Balaban J connectivity index is 2.63. The van der Waals surface area contributed by atoms with Crippen molar-refractivity contribution in [2.45, 2.75) is 12.8 Å². The molecule has 0 aliphatic rings. The fraction of sp³-hybridized carbons (Fsp3) is 0.333. The smallest absolute Gasteiger partial charge is 0.305 e. The summed E-state index contributed by atoms with van der Waals surface area (Å²) in [5.41, 5.74) is 0.636. The van der Waals surface area contributed by atoms with Gasteiger partial charge in [-0.3, -0.25) is 9.59 Å². The van der Waals surface area contributed by atoms with Crippen LogP contribution in [0.15, 0.2) is 18.2 Å². The van der Waals surface area contributed by atoms with Gasteiger partial charge in [0.1, 0.15) is 0 Å². The van der Waals surface area contributed by atoms with Gasteiger partial charge in [-0.25, -0.2) is 0 Å². The zero-order valence-corrected chi connectivity index (χ0v) is 11.3. The lowest BCUT2D eigenvalue weighted by Gasteiger charge is -2.16. The van der Waals surface area contributed by atoms with Crippen LogP contribution in [0.2, 0.25) is 10.0 Å². The molecule has 0 radical (unpaired) electrons. The van der Waals surface area contributed by atoms with Crippen LogP contribution >= 0.6 is 23.2 Å². The van der Waals surface area contributed by atoms with E-state index in [0.717, 1.165) is 0 Å². The monoisotopic (exact) mass is 289 g/mol. The molecule has 1 amide bonds. The van der Waals surface area contributed by atoms with Crippen LogP contribution in [0.5, 0.6) is 0 Å². The molecule has 0 aliphatic heterocycles. The summed E-state index contributed by atoms with van der Waals surface area (Å²) in [5, 5.41) is 9.52. The lowest BCUT2D eigenvalue weighted by Crippen LogP contribution is -2.30. The van der Waals surface area contributed by atoms with Crippen molar-refractivity contribution in [1.82, 2.24) is 4.90 Å². The van der Waals surface area contributed by atoms with Gasteiger partial charge in [0.2, 0.25) is 5.91 Å². The molecule has 0 unspecified atom stereocenters. The normalized spacial score (nSPS) is 10.2. The Morgan fingerprint density at radius 3 is 2.61 bits per heavy atom. The van der Waals surface area contributed by atoms with Crippen molar-refractivity contribution in [1.29, 1.82) is 0 Å². The maximum atomic E-state index is 11.8. The second-order valence-electron chi connectivity index (χ2n) is 3.87. The Labute approximate surface area is 115 Å². The molecule has 0 aromatic heterocycles.